The maximum absolute atomic E-state index is 13.0. The molecule has 0 heterocycles. The standard InChI is InChI=1S/C70H136O17P2/c1-8-10-11-12-13-14-15-16-17-25-30-39-46-53-69(74)87-66(58-81-68(73)52-45-38-33-32-35-42-49-62(5)6)60-85-89(78,79)83-56-64(71)55-82-88(76,77)84-59-65(57-80-67(72)51-44-37-29-24-20-18-22-27-34-41-48-61(3)4)86-70(75)54-47-40-31-26-21-19-23-28-36-43-50-63(7)9-2/h61-66,71H,8-60H2,1-7H3,(H,76,77)(H,78,79)/t63?,64-,65-,66-/m1/s1. The van der Waals surface area contributed by atoms with Crippen molar-refractivity contribution in [3.63, 3.8) is 0 Å². The Kier molecular flexibility index (Phi) is 59.6. The topological polar surface area (TPSA) is 237 Å². The summed E-state index contributed by atoms with van der Waals surface area (Å²) in [6.45, 7) is 11.8. The van der Waals surface area contributed by atoms with Gasteiger partial charge < -0.3 is 33.8 Å². The van der Waals surface area contributed by atoms with E-state index in [0.29, 0.717) is 31.6 Å². The summed E-state index contributed by atoms with van der Waals surface area (Å²) in [6.07, 6.45) is 44.4. The number of rotatable bonds is 68. The van der Waals surface area contributed by atoms with Crippen LogP contribution in [0.2, 0.25) is 0 Å². The van der Waals surface area contributed by atoms with E-state index in [9.17, 15) is 43.2 Å². The number of aliphatic hydroxyl groups excluding tert-OH is 1. The number of unbranched alkanes of at least 4 members (excludes halogenated alkanes) is 35. The van der Waals surface area contributed by atoms with E-state index < -0.39 is 97.5 Å². The van der Waals surface area contributed by atoms with Gasteiger partial charge >= 0.3 is 39.5 Å². The molecule has 19 heteroatoms. The number of carbonyl (C=O) groups excluding carboxylic acids is 4. The van der Waals surface area contributed by atoms with Gasteiger partial charge in [0.15, 0.2) is 12.2 Å². The van der Waals surface area contributed by atoms with Crippen molar-refractivity contribution in [3.8, 4) is 0 Å². The molecule has 0 bridgehead atoms. The van der Waals surface area contributed by atoms with Crippen molar-refractivity contribution >= 4 is 39.5 Å². The molecule has 0 fully saturated rings. The third-order valence-electron chi connectivity index (χ3n) is 16.5. The Morgan fingerprint density at radius 2 is 0.573 bits per heavy atom. The van der Waals surface area contributed by atoms with E-state index in [0.717, 1.165) is 108 Å². The summed E-state index contributed by atoms with van der Waals surface area (Å²) in [6, 6.07) is 0. The van der Waals surface area contributed by atoms with Crippen molar-refractivity contribution in [2.45, 2.75) is 369 Å². The summed E-state index contributed by atoms with van der Waals surface area (Å²) in [5.41, 5.74) is 0. The number of phosphoric ester groups is 2. The van der Waals surface area contributed by atoms with Gasteiger partial charge in [-0.05, 0) is 43.4 Å². The molecule has 0 radical (unpaired) electrons. The summed E-state index contributed by atoms with van der Waals surface area (Å²) in [5.74, 6) is 0.114. The Morgan fingerprint density at radius 3 is 0.854 bits per heavy atom. The molecule has 0 amide bonds. The van der Waals surface area contributed by atoms with E-state index in [2.05, 4.69) is 48.5 Å². The zero-order valence-electron chi connectivity index (χ0n) is 57.9. The summed E-state index contributed by atoms with van der Waals surface area (Å²) in [7, 11) is -9.90. The van der Waals surface area contributed by atoms with Crippen LogP contribution in [0.3, 0.4) is 0 Å². The van der Waals surface area contributed by atoms with Gasteiger partial charge in [-0.2, -0.15) is 0 Å². The normalized spacial score (nSPS) is 14.5. The van der Waals surface area contributed by atoms with Crippen molar-refractivity contribution in [1.29, 1.82) is 0 Å². The van der Waals surface area contributed by atoms with E-state index in [1.807, 2.05) is 0 Å². The monoisotopic (exact) mass is 1310 g/mol. The molecule has 0 saturated carbocycles. The maximum Gasteiger partial charge on any atom is 0.472 e. The minimum atomic E-state index is -4.95. The first kappa shape index (κ1) is 87.1. The maximum atomic E-state index is 13.0. The quantitative estimate of drug-likeness (QED) is 0.0222. The third-order valence-corrected chi connectivity index (χ3v) is 18.4. The Bertz CT molecular complexity index is 1750. The number of carbonyl (C=O) groups is 4. The summed E-state index contributed by atoms with van der Waals surface area (Å²) in [5, 5.41) is 10.6. The van der Waals surface area contributed by atoms with Gasteiger partial charge in [-0.1, -0.05) is 299 Å². The second-order valence-electron chi connectivity index (χ2n) is 26.5. The molecule has 528 valence electrons. The van der Waals surface area contributed by atoms with Gasteiger partial charge in [-0.25, -0.2) is 9.13 Å². The van der Waals surface area contributed by atoms with Gasteiger partial charge in [0.05, 0.1) is 26.4 Å². The van der Waals surface area contributed by atoms with Crippen molar-refractivity contribution in [3.05, 3.63) is 0 Å². The molecule has 89 heavy (non-hydrogen) atoms. The molecule has 3 unspecified atom stereocenters. The van der Waals surface area contributed by atoms with Gasteiger partial charge in [0.25, 0.3) is 0 Å². The number of hydrogen-bond acceptors (Lipinski definition) is 15. The fourth-order valence-electron chi connectivity index (χ4n) is 10.5. The van der Waals surface area contributed by atoms with Crippen molar-refractivity contribution < 1.29 is 80.2 Å². The molecule has 0 spiro atoms. The molecule has 0 aliphatic rings. The summed E-state index contributed by atoms with van der Waals surface area (Å²) < 4.78 is 68.3. The minimum Gasteiger partial charge on any atom is -0.462 e. The molecule has 0 aliphatic heterocycles. The molecule has 0 aromatic rings. The molecule has 0 aromatic heterocycles. The first-order valence-electron chi connectivity index (χ1n) is 36.4. The van der Waals surface area contributed by atoms with E-state index in [1.165, 1.54) is 154 Å². The number of hydrogen-bond donors (Lipinski definition) is 3. The summed E-state index contributed by atoms with van der Waals surface area (Å²) >= 11 is 0. The minimum absolute atomic E-state index is 0.106. The Morgan fingerprint density at radius 1 is 0.326 bits per heavy atom. The van der Waals surface area contributed by atoms with Crippen LogP contribution in [-0.4, -0.2) is 96.7 Å². The SMILES string of the molecule is CCCCCCCCCCCCCCCC(=O)O[C@H](COC(=O)CCCCCCCCC(C)C)COP(=O)(O)OC[C@H](O)COP(=O)(O)OC[C@@H](COC(=O)CCCCCCCCCCCCC(C)C)OC(=O)CCCCCCCCCCCCC(C)CC. The second-order valence-corrected chi connectivity index (χ2v) is 29.4. The van der Waals surface area contributed by atoms with Crippen LogP contribution < -0.4 is 0 Å². The lowest BCUT2D eigenvalue weighted by atomic mass is 9.99. The van der Waals surface area contributed by atoms with Crippen LogP contribution in [0.15, 0.2) is 0 Å². The van der Waals surface area contributed by atoms with E-state index >= 15 is 0 Å². The lowest BCUT2D eigenvalue weighted by Crippen LogP contribution is -2.30. The van der Waals surface area contributed by atoms with Crippen LogP contribution >= 0.6 is 15.6 Å². The fraction of sp³-hybridized carbons (Fsp3) is 0.943. The van der Waals surface area contributed by atoms with Gasteiger partial charge in [0.2, 0.25) is 0 Å². The molecular weight excluding hydrogens is 1170 g/mol. The average Bonchev–Trinajstić information content (AvgIpc) is 3.58. The van der Waals surface area contributed by atoms with Crippen LogP contribution in [-0.2, 0) is 65.4 Å². The zero-order valence-corrected chi connectivity index (χ0v) is 59.7. The predicted molar refractivity (Wildman–Crippen MR) is 358 cm³/mol. The molecule has 0 aromatic carbocycles. The van der Waals surface area contributed by atoms with Gasteiger partial charge in [0, 0.05) is 25.7 Å². The molecule has 6 atom stereocenters. The smallest absolute Gasteiger partial charge is 0.462 e. The van der Waals surface area contributed by atoms with Crippen molar-refractivity contribution in [2.75, 3.05) is 39.6 Å². The first-order valence-corrected chi connectivity index (χ1v) is 39.4. The average molecular weight is 1310 g/mol. The lowest BCUT2D eigenvalue weighted by Gasteiger charge is -2.21. The molecule has 0 rings (SSSR count). The van der Waals surface area contributed by atoms with Gasteiger partial charge in [0.1, 0.15) is 19.3 Å². The number of ether oxygens (including phenoxy) is 4. The van der Waals surface area contributed by atoms with Crippen molar-refractivity contribution in [1.82, 2.24) is 0 Å². The van der Waals surface area contributed by atoms with Gasteiger partial charge in [-0.15, -0.1) is 0 Å². The highest BCUT2D eigenvalue weighted by atomic mass is 31.2. The summed E-state index contributed by atoms with van der Waals surface area (Å²) in [4.78, 5) is 72.5. The largest absolute Gasteiger partial charge is 0.472 e. The predicted octanol–water partition coefficient (Wildman–Crippen LogP) is 19.8. The fourth-order valence-corrected chi connectivity index (χ4v) is 12.1. The van der Waals surface area contributed by atoms with Crippen LogP contribution in [0.5, 0.6) is 0 Å². The van der Waals surface area contributed by atoms with Crippen LogP contribution in [0, 0.1) is 17.8 Å². The highest BCUT2D eigenvalue weighted by molar-refractivity contribution is 7.47. The number of esters is 4. The highest BCUT2D eigenvalue weighted by Crippen LogP contribution is 2.45. The Balaban J connectivity index is 5.26. The first-order chi connectivity index (χ1) is 42.8. The lowest BCUT2D eigenvalue weighted by molar-refractivity contribution is -0.161. The molecular formula is C70H136O17P2. The Hall–Kier alpha value is -1.94. The second kappa shape index (κ2) is 61.0. The van der Waals surface area contributed by atoms with Crippen LogP contribution in [0.4, 0.5) is 0 Å². The third kappa shape index (κ3) is 63.2. The highest BCUT2D eigenvalue weighted by Gasteiger charge is 2.30. The Labute approximate surface area is 543 Å². The molecule has 0 aliphatic carbocycles. The van der Waals surface area contributed by atoms with Crippen molar-refractivity contribution in [2.24, 2.45) is 17.8 Å². The number of aliphatic hydroxyl groups is 1. The number of phosphoric acid groups is 2. The molecule has 3 N–H and O–H groups in total. The molecule has 17 nitrogen and oxygen atoms in total. The van der Waals surface area contributed by atoms with Crippen LogP contribution in [0.1, 0.15) is 350 Å². The zero-order chi connectivity index (χ0) is 65.9. The van der Waals surface area contributed by atoms with E-state index in [4.69, 9.17) is 37.0 Å². The van der Waals surface area contributed by atoms with Gasteiger partial charge in [-0.3, -0.25) is 37.3 Å². The van der Waals surface area contributed by atoms with E-state index in [1.54, 1.807) is 0 Å². The molecule has 0 saturated heterocycles. The van der Waals surface area contributed by atoms with E-state index in [-0.39, 0.29) is 25.7 Å². The van der Waals surface area contributed by atoms with Crippen LogP contribution in [0.25, 0.3) is 0 Å².